The fourth-order valence-electron chi connectivity index (χ4n) is 7.02. The standard InChI is InChI=1S/C28H34N4O5/c1-15(24(29)33)30-25(34)20-9-18-12-28(36)23-10-17-5-6-19(37-2)11-21(17)27(28,13-22(18)31-26(20)35)7-8-32(23)14-16-3-4-16/h5-6,9,11,15-16,23,36H,3-4,7-8,10,12-14H2,1-2H3,(H2,29,33)(H,30,34)(H,31,35)/t15-,23+,27+,28+/m0/s1. The first-order valence-electron chi connectivity index (χ1n) is 13.1. The molecule has 1 aliphatic heterocycles. The van der Waals surface area contributed by atoms with Crippen LogP contribution < -0.4 is 21.3 Å². The van der Waals surface area contributed by atoms with E-state index >= 15 is 0 Å². The van der Waals surface area contributed by atoms with E-state index in [2.05, 4.69) is 27.3 Å². The van der Waals surface area contributed by atoms with E-state index in [1.54, 1.807) is 13.2 Å². The first-order valence-corrected chi connectivity index (χ1v) is 13.1. The van der Waals surface area contributed by atoms with E-state index in [0.717, 1.165) is 48.5 Å². The number of fused-ring (bicyclic) bond motifs is 2. The van der Waals surface area contributed by atoms with Gasteiger partial charge in [-0.25, -0.2) is 0 Å². The van der Waals surface area contributed by atoms with Gasteiger partial charge in [-0.15, -0.1) is 0 Å². The normalized spacial score (nSPS) is 28.9. The molecule has 1 aromatic carbocycles. The van der Waals surface area contributed by atoms with Crippen LogP contribution in [0.1, 0.15) is 58.9 Å². The molecule has 37 heavy (non-hydrogen) atoms. The average Bonchev–Trinajstić information content (AvgIpc) is 3.68. The maximum Gasteiger partial charge on any atom is 0.261 e. The first kappa shape index (κ1) is 24.2. The summed E-state index contributed by atoms with van der Waals surface area (Å²) in [5.41, 5.74) is 6.88. The Morgan fingerprint density at radius 1 is 1.27 bits per heavy atom. The van der Waals surface area contributed by atoms with E-state index in [1.165, 1.54) is 25.3 Å². The topological polar surface area (TPSA) is 138 Å². The van der Waals surface area contributed by atoms with Crippen molar-refractivity contribution in [2.45, 2.75) is 68.5 Å². The molecule has 2 heterocycles. The molecule has 9 heteroatoms. The van der Waals surface area contributed by atoms with Crippen molar-refractivity contribution in [3.05, 3.63) is 62.6 Å². The van der Waals surface area contributed by atoms with Crippen molar-refractivity contribution in [1.29, 1.82) is 0 Å². The monoisotopic (exact) mass is 506 g/mol. The first-order chi connectivity index (χ1) is 17.6. The van der Waals surface area contributed by atoms with Gasteiger partial charge in [0.25, 0.3) is 11.5 Å². The molecule has 5 N–H and O–H groups in total. The number of rotatable bonds is 6. The number of nitrogens with zero attached hydrogens (tertiary/aromatic N) is 1. The van der Waals surface area contributed by atoms with E-state index in [9.17, 15) is 19.5 Å². The van der Waals surface area contributed by atoms with Crippen molar-refractivity contribution < 1.29 is 19.4 Å². The summed E-state index contributed by atoms with van der Waals surface area (Å²) in [6.07, 6.45) is 4.80. The molecule has 2 aromatic rings. The number of nitrogens with two attached hydrogens (primary N) is 1. The lowest BCUT2D eigenvalue weighted by Gasteiger charge is -2.63. The number of ether oxygens (including phenoxy) is 1. The van der Waals surface area contributed by atoms with Crippen LogP contribution in [-0.4, -0.2) is 64.7 Å². The molecule has 0 spiro atoms. The van der Waals surface area contributed by atoms with Gasteiger partial charge in [0.15, 0.2) is 0 Å². The van der Waals surface area contributed by atoms with Crippen molar-refractivity contribution in [3.8, 4) is 5.75 Å². The van der Waals surface area contributed by atoms with Gasteiger partial charge in [0.1, 0.15) is 17.4 Å². The number of H-pyrrole nitrogens is 1. The lowest BCUT2D eigenvalue weighted by molar-refractivity contribution is -0.152. The molecule has 1 aromatic heterocycles. The maximum absolute atomic E-state index is 13.0. The van der Waals surface area contributed by atoms with Crippen LogP contribution in [0.2, 0.25) is 0 Å². The van der Waals surface area contributed by atoms with Crippen LogP contribution in [0.4, 0.5) is 0 Å². The summed E-state index contributed by atoms with van der Waals surface area (Å²) >= 11 is 0. The maximum atomic E-state index is 13.0. The fourth-order valence-corrected chi connectivity index (χ4v) is 7.02. The summed E-state index contributed by atoms with van der Waals surface area (Å²) in [5, 5.41) is 15.2. The quantitative estimate of drug-likeness (QED) is 0.457. The highest BCUT2D eigenvalue weighted by molar-refractivity contribution is 5.97. The Kier molecular flexibility index (Phi) is 5.51. The number of benzene rings is 1. The number of aromatic nitrogens is 1. The largest absolute Gasteiger partial charge is 0.497 e. The molecule has 0 radical (unpaired) electrons. The molecule has 196 valence electrons. The van der Waals surface area contributed by atoms with Gasteiger partial charge in [-0.05, 0) is 80.0 Å². The molecule has 4 aliphatic rings. The lowest BCUT2D eigenvalue weighted by Crippen LogP contribution is -2.74. The third-order valence-corrected chi connectivity index (χ3v) is 9.25. The molecule has 2 fully saturated rings. The van der Waals surface area contributed by atoms with Crippen LogP contribution in [-0.2, 0) is 29.5 Å². The Labute approximate surface area is 215 Å². The third kappa shape index (κ3) is 3.70. The van der Waals surface area contributed by atoms with Gasteiger partial charge in [-0.1, -0.05) is 6.07 Å². The molecule has 4 atom stereocenters. The van der Waals surface area contributed by atoms with Gasteiger partial charge >= 0.3 is 0 Å². The number of piperidine rings is 1. The SMILES string of the molecule is COc1ccc2c(c1)[C@]13CCN(CC4CC4)[C@H](C2)[C@]1(O)Cc1cc(C(=O)N[C@@H](C)C(N)=O)c(=O)[nH]c1C3. The summed E-state index contributed by atoms with van der Waals surface area (Å²) in [5.74, 6) is 0.114. The number of primary amides is 1. The minimum atomic E-state index is -1.07. The molecular formula is C28H34N4O5. The van der Waals surface area contributed by atoms with Gasteiger partial charge in [-0.3, -0.25) is 19.3 Å². The Bertz CT molecular complexity index is 1350. The van der Waals surface area contributed by atoms with E-state index in [4.69, 9.17) is 10.5 Å². The van der Waals surface area contributed by atoms with E-state index in [0.29, 0.717) is 18.8 Å². The second kappa shape index (κ2) is 8.43. The number of hydrogen-bond acceptors (Lipinski definition) is 6. The summed E-state index contributed by atoms with van der Waals surface area (Å²) in [6.45, 7) is 3.36. The van der Waals surface area contributed by atoms with Crippen molar-refractivity contribution in [2.24, 2.45) is 11.7 Å². The van der Waals surface area contributed by atoms with E-state index in [1.807, 2.05) is 6.07 Å². The highest BCUT2D eigenvalue weighted by Gasteiger charge is 2.64. The average molecular weight is 507 g/mol. The Morgan fingerprint density at radius 3 is 2.76 bits per heavy atom. The smallest absolute Gasteiger partial charge is 0.261 e. The molecular weight excluding hydrogens is 472 g/mol. The summed E-state index contributed by atoms with van der Waals surface area (Å²) in [4.78, 5) is 42.7. The number of pyridine rings is 1. The minimum Gasteiger partial charge on any atom is -0.497 e. The number of likely N-dealkylation sites (tertiary alicyclic amines) is 1. The summed E-state index contributed by atoms with van der Waals surface area (Å²) in [7, 11) is 1.65. The molecule has 1 saturated carbocycles. The van der Waals surface area contributed by atoms with Gasteiger partial charge in [0.2, 0.25) is 5.91 Å². The zero-order chi connectivity index (χ0) is 26.1. The number of nitrogens with one attached hydrogen (secondary N) is 2. The Hall–Kier alpha value is -3.17. The van der Waals surface area contributed by atoms with Gasteiger partial charge < -0.3 is 25.9 Å². The molecule has 6 rings (SSSR count). The van der Waals surface area contributed by atoms with Gasteiger partial charge in [0.05, 0.1) is 12.7 Å². The van der Waals surface area contributed by atoms with Crippen molar-refractivity contribution in [1.82, 2.24) is 15.2 Å². The van der Waals surface area contributed by atoms with E-state index in [-0.39, 0.29) is 11.6 Å². The number of carbonyl (C=O) groups excluding carboxylic acids is 2. The predicted octanol–water partition coefficient (Wildman–Crippen LogP) is 0.795. The van der Waals surface area contributed by atoms with Crippen LogP contribution in [0.5, 0.6) is 5.75 Å². The number of methoxy groups -OCH3 is 1. The lowest BCUT2D eigenvalue weighted by atomic mass is 9.49. The summed E-state index contributed by atoms with van der Waals surface area (Å²) in [6, 6.07) is 6.78. The number of aromatic amines is 1. The number of aliphatic hydroxyl groups is 1. The zero-order valence-corrected chi connectivity index (χ0v) is 21.3. The highest BCUT2D eigenvalue weighted by atomic mass is 16.5. The third-order valence-electron chi connectivity index (χ3n) is 9.25. The van der Waals surface area contributed by atoms with Crippen molar-refractivity contribution in [2.75, 3.05) is 20.2 Å². The fraction of sp³-hybridized carbons (Fsp3) is 0.536. The number of hydrogen-bond donors (Lipinski definition) is 4. The summed E-state index contributed by atoms with van der Waals surface area (Å²) < 4.78 is 5.56. The van der Waals surface area contributed by atoms with Crippen LogP contribution in [0, 0.1) is 5.92 Å². The van der Waals surface area contributed by atoms with Gasteiger partial charge in [0, 0.05) is 36.5 Å². The Balaban J connectivity index is 1.45. The van der Waals surface area contributed by atoms with Crippen molar-refractivity contribution in [3.63, 3.8) is 0 Å². The highest BCUT2D eigenvalue weighted by Crippen LogP contribution is 2.57. The van der Waals surface area contributed by atoms with Crippen molar-refractivity contribution >= 4 is 11.8 Å². The predicted molar refractivity (Wildman–Crippen MR) is 137 cm³/mol. The molecule has 9 nitrogen and oxygen atoms in total. The number of amides is 2. The van der Waals surface area contributed by atoms with Crippen LogP contribution >= 0.6 is 0 Å². The van der Waals surface area contributed by atoms with Gasteiger partial charge in [-0.2, -0.15) is 0 Å². The number of carbonyl (C=O) groups is 2. The zero-order valence-electron chi connectivity index (χ0n) is 21.3. The minimum absolute atomic E-state index is 0.0602. The molecule has 2 amide bonds. The van der Waals surface area contributed by atoms with E-state index < -0.39 is 34.4 Å². The molecule has 0 unspecified atom stereocenters. The molecule has 3 aliphatic carbocycles. The molecule has 2 bridgehead atoms. The Morgan fingerprint density at radius 2 is 2.05 bits per heavy atom. The molecule has 1 saturated heterocycles. The second-order valence-electron chi connectivity index (χ2n) is 11.4. The van der Waals surface area contributed by atoms with Crippen LogP contribution in [0.25, 0.3) is 0 Å². The van der Waals surface area contributed by atoms with Crippen LogP contribution in [0.3, 0.4) is 0 Å². The second-order valence-corrected chi connectivity index (χ2v) is 11.4. The van der Waals surface area contributed by atoms with Crippen LogP contribution in [0.15, 0.2) is 29.1 Å².